The molecule has 0 radical (unpaired) electrons. The van der Waals surface area contributed by atoms with E-state index in [1.165, 1.54) is 0 Å². The Hall–Kier alpha value is -1.16. The van der Waals surface area contributed by atoms with Crippen molar-refractivity contribution >= 4 is 0 Å². The minimum Gasteiger partial charge on any atom is -0.497 e. The van der Waals surface area contributed by atoms with Gasteiger partial charge in [0, 0.05) is 12.5 Å². The lowest BCUT2D eigenvalue weighted by Crippen LogP contribution is -2.13. The van der Waals surface area contributed by atoms with Crippen molar-refractivity contribution in [1.29, 1.82) is 0 Å². The van der Waals surface area contributed by atoms with Gasteiger partial charge in [-0.15, -0.1) is 0 Å². The fraction of sp³-hybridized carbons (Fsp3) is 0.400. The Bertz CT molecular complexity index is 274. The first-order chi connectivity index (χ1) is 6.63. The molecule has 2 N–H and O–H groups in total. The van der Waals surface area contributed by atoms with E-state index < -0.39 is 12.5 Å². The van der Waals surface area contributed by atoms with Gasteiger partial charge in [-0.3, -0.25) is 0 Å². The van der Waals surface area contributed by atoms with Gasteiger partial charge >= 0.3 is 0 Å². The molecule has 1 aromatic carbocycles. The van der Waals surface area contributed by atoms with Crippen molar-refractivity contribution in [3.8, 4) is 5.75 Å². The van der Waals surface area contributed by atoms with Crippen LogP contribution >= 0.6 is 0 Å². The summed E-state index contributed by atoms with van der Waals surface area (Å²) in [5.74, 6) is 0.693. The first-order valence-electron chi connectivity index (χ1n) is 4.31. The van der Waals surface area contributed by atoms with Crippen LogP contribution in [0.15, 0.2) is 24.3 Å². The summed E-state index contributed by atoms with van der Waals surface area (Å²) in [7, 11) is 1.55. The Balaban J connectivity index is 2.66. The van der Waals surface area contributed by atoms with Crippen molar-refractivity contribution in [1.82, 2.24) is 0 Å². The second-order valence-electron chi connectivity index (χ2n) is 3.01. The van der Waals surface area contributed by atoms with Crippen LogP contribution < -0.4 is 10.5 Å². The molecule has 0 bridgehead atoms. The van der Waals surface area contributed by atoms with Gasteiger partial charge in [-0.2, -0.15) is 0 Å². The summed E-state index contributed by atoms with van der Waals surface area (Å²) < 4.78 is 29.0. The molecule has 14 heavy (non-hydrogen) atoms. The molecule has 0 heterocycles. The van der Waals surface area contributed by atoms with Crippen LogP contribution in [0.5, 0.6) is 5.75 Å². The van der Waals surface area contributed by atoms with E-state index in [2.05, 4.69) is 0 Å². The van der Waals surface area contributed by atoms with Gasteiger partial charge in [0.1, 0.15) is 5.75 Å². The van der Waals surface area contributed by atoms with Crippen molar-refractivity contribution in [2.24, 2.45) is 5.73 Å². The standard InChI is InChI=1S/C10H13F2NO/c1-14-8-4-2-7(3-5-8)9(13)6-10(11)12/h2-5,9-10H,6,13H2,1H3/t9-/m0/s1. The molecular formula is C10H13F2NO. The van der Waals surface area contributed by atoms with Crippen molar-refractivity contribution in [2.45, 2.75) is 18.9 Å². The van der Waals surface area contributed by atoms with E-state index in [9.17, 15) is 8.78 Å². The summed E-state index contributed by atoms with van der Waals surface area (Å²) >= 11 is 0. The molecule has 0 aliphatic carbocycles. The number of methoxy groups -OCH3 is 1. The van der Waals surface area contributed by atoms with Gasteiger partial charge in [-0.1, -0.05) is 12.1 Å². The maximum Gasteiger partial charge on any atom is 0.240 e. The molecule has 0 saturated carbocycles. The molecule has 1 aromatic rings. The molecule has 78 valence electrons. The quantitative estimate of drug-likeness (QED) is 0.811. The van der Waals surface area contributed by atoms with E-state index in [4.69, 9.17) is 10.5 Å². The highest BCUT2D eigenvalue weighted by molar-refractivity contribution is 5.28. The largest absolute Gasteiger partial charge is 0.497 e. The fourth-order valence-electron chi connectivity index (χ4n) is 1.18. The summed E-state index contributed by atoms with van der Waals surface area (Å²) in [6.45, 7) is 0. The smallest absolute Gasteiger partial charge is 0.240 e. The molecule has 0 amide bonds. The molecule has 1 rings (SSSR count). The van der Waals surface area contributed by atoms with E-state index in [0.29, 0.717) is 11.3 Å². The average Bonchev–Trinajstić information content (AvgIpc) is 2.17. The number of halogens is 2. The number of benzene rings is 1. The van der Waals surface area contributed by atoms with E-state index in [1.807, 2.05) is 0 Å². The summed E-state index contributed by atoms with van der Waals surface area (Å²) in [5, 5.41) is 0. The lowest BCUT2D eigenvalue weighted by molar-refractivity contribution is 0.128. The molecule has 0 fully saturated rings. The zero-order valence-corrected chi connectivity index (χ0v) is 7.91. The maximum atomic E-state index is 12.0. The van der Waals surface area contributed by atoms with E-state index >= 15 is 0 Å². The summed E-state index contributed by atoms with van der Waals surface area (Å²) in [4.78, 5) is 0. The van der Waals surface area contributed by atoms with Crippen LogP contribution in [0.25, 0.3) is 0 Å². The monoisotopic (exact) mass is 201 g/mol. The molecular weight excluding hydrogens is 188 g/mol. The van der Waals surface area contributed by atoms with Crippen molar-refractivity contribution < 1.29 is 13.5 Å². The molecule has 1 atom stereocenters. The second-order valence-corrected chi connectivity index (χ2v) is 3.01. The van der Waals surface area contributed by atoms with Gasteiger partial charge in [0.25, 0.3) is 0 Å². The SMILES string of the molecule is COc1ccc([C@@H](N)CC(F)F)cc1. The number of hydrogen-bond acceptors (Lipinski definition) is 2. The Labute approximate surface area is 81.7 Å². The average molecular weight is 201 g/mol. The van der Waals surface area contributed by atoms with Crippen LogP contribution in [0.1, 0.15) is 18.0 Å². The predicted molar refractivity (Wildman–Crippen MR) is 50.5 cm³/mol. The minimum atomic E-state index is -2.37. The number of ether oxygens (including phenoxy) is 1. The molecule has 0 unspecified atom stereocenters. The van der Waals surface area contributed by atoms with Crippen molar-refractivity contribution in [2.75, 3.05) is 7.11 Å². The molecule has 0 spiro atoms. The molecule has 0 saturated heterocycles. The molecule has 2 nitrogen and oxygen atoms in total. The zero-order valence-electron chi connectivity index (χ0n) is 7.91. The topological polar surface area (TPSA) is 35.2 Å². The Morgan fingerprint density at radius 2 is 1.86 bits per heavy atom. The minimum absolute atomic E-state index is 0.313. The van der Waals surface area contributed by atoms with Crippen LogP contribution in [0.3, 0.4) is 0 Å². The lowest BCUT2D eigenvalue weighted by Gasteiger charge is -2.11. The van der Waals surface area contributed by atoms with Gasteiger partial charge < -0.3 is 10.5 Å². The lowest BCUT2D eigenvalue weighted by atomic mass is 10.1. The third-order valence-corrected chi connectivity index (χ3v) is 1.98. The van der Waals surface area contributed by atoms with Gasteiger partial charge in [0.05, 0.1) is 7.11 Å². The summed E-state index contributed by atoms with van der Waals surface area (Å²) in [6, 6.07) is 6.21. The highest BCUT2D eigenvalue weighted by Gasteiger charge is 2.12. The van der Waals surface area contributed by atoms with Gasteiger partial charge in [0.2, 0.25) is 6.43 Å². The van der Waals surface area contributed by atoms with Crippen LogP contribution in [0.2, 0.25) is 0 Å². The van der Waals surface area contributed by atoms with Crippen molar-refractivity contribution in [3.05, 3.63) is 29.8 Å². The van der Waals surface area contributed by atoms with Crippen LogP contribution in [0.4, 0.5) is 8.78 Å². The molecule has 0 aliphatic rings. The van der Waals surface area contributed by atoms with E-state index in [0.717, 1.165) is 0 Å². The summed E-state index contributed by atoms with van der Waals surface area (Å²) in [5.41, 5.74) is 6.27. The first-order valence-corrected chi connectivity index (χ1v) is 4.31. The van der Waals surface area contributed by atoms with Gasteiger partial charge in [0.15, 0.2) is 0 Å². The Kier molecular flexibility index (Phi) is 3.83. The Morgan fingerprint density at radius 3 is 2.29 bits per heavy atom. The van der Waals surface area contributed by atoms with Crippen LogP contribution in [-0.4, -0.2) is 13.5 Å². The second kappa shape index (κ2) is 4.91. The number of rotatable bonds is 4. The van der Waals surface area contributed by atoms with Gasteiger partial charge in [-0.25, -0.2) is 8.78 Å². The fourth-order valence-corrected chi connectivity index (χ4v) is 1.18. The van der Waals surface area contributed by atoms with Crippen LogP contribution in [0, 0.1) is 0 Å². The van der Waals surface area contributed by atoms with E-state index in [1.54, 1.807) is 31.4 Å². The van der Waals surface area contributed by atoms with Gasteiger partial charge in [-0.05, 0) is 17.7 Å². The first kappa shape index (κ1) is 10.9. The molecule has 0 aliphatic heterocycles. The van der Waals surface area contributed by atoms with Crippen LogP contribution in [-0.2, 0) is 0 Å². The maximum absolute atomic E-state index is 12.0. The third-order valence-electron chi connectivity index (χ3n) is 1.98. The number of hydrogen-bond donors (Lipinski definition) is 1. The van der Waals surface area contributed by atoms with E-state index in [-0.39, 0.29) is 6.42 Å². The normalized spacial score (nSPS) is 12.9. The van der Waals surface area contributed by atoms with Crippen molar-refractivity contribution in [3.63, 3.8) is 0 Å². The Morgan fingerprint density at radius 1 is 1.29 bits per heavy atom. The zero-order chi connectivity index (χ0) is 10.6. The molecule has 0 aromatic heterocycles. The third kappa shape index (κ3) is 2.96. The molecule has 4 heteroatoms. The highest BCUT2D eigenvalue weighted by atomic mass is 19.3. The summed E-state index contributed by atoms with van der Waals surface area (Å²) in [6.07, 6.45) is -2.68. The highest BCUT2D eigenvalue weighted by Crippen LogP contribution is 2.20. The predicted octanol–water partition coefficient (Wildman–Crippen LogP) is 2.35. The number of alkyl halides is 2. The number of nitrogens with two attached hydrogens (primary N) is 1.